The normalized spacial score (nSPS) is 23.9. The minimum Gasteiger partial charge on any atom is -0.352 e. The minimum absolute atomic E-state index is 0.0878. The lowest BCUT2D eigenvalue weighted by atomic mass is 9.66. The van der Waals surface area contributed by atoms with E-state index < -0.39 is 32.9 Å². The van der Waals surface area contributed by atoms with E-state index >= 15 is 0 Å². The van der Waals surface area contributed by atoms with Gasteiger partial charge in [-0.25, -0.2) is 31.8 Å². The zero-order chi connectivity index (χ0) is 30.1. The van der Waals surface area contributed by atoms with Crippen molar-refractivity contribution in [3.05, 3.63) is 83.2 Å². The van der Waals surface area contributed by atoms with E-state index in [1.807, 2.05) is 12.1 Å². The van der Waals surface area contributed by atoms with Crippen LogP contribution in [-0.2, 0) is 25.8 Å². The van der Waals surface area contributed by atoms with E-state index in [9.17, 15) is 22.0 Å². The van der Waals surface area contributed by atoms with E-state index in [0.29, 0.717) is 18.7 Å². The Labute approximate surface area is 246 Å². The van der Waals surface area contributed by atoms with Crippen molar-refractivity contribution in [1.29, 1.82) is 0 Å². The maximum atomic E-state index is 14.6. The van der Waals surface area contributed by atoms with E-state index in [1.54, 1.807) is 12.1 Å². The van der Waals surface area contributed by atoms with Crippen LogP contribution in [0.4, 0.5) is 8.78 Å². The lowest BCUT2D eigenvalue weighted by molar-refractivity contribution is -0.119. The number of hydrogen-bond acceptors (Lipinski definition) is 8. The van der Waals surface area contributed by atoms with Gasteiger partial charge in [-0.05, 0) is 66.5 Å². The first-order valence-electron chi connectivity index (χ1n) is 14.2. The second-order valence-electron chi connectivity index (χ2n) is 12.2. The Hall–Kier alpha value is -4.13. The topological polar surface area (TPSA) is 133 Å². The first-order valence-corrected chi connectivity index (χ1v) is 16.0. The van der Waals surface area contributed by atoms with Crippen LogP contribution in [-0.4, -0.2) is 56.1 Å². The number of aromatic nitrogens is 6. The van der Waals surface area contributed by atoms with E-state index in [2.05, 4.69) is 39.4 Å². The van der Waals surface area contributed by atoms with Gasteiger partial charge < -0.3 is 5.32 Å². The molecule has 3 atom stereocenters. The number of hydrogen-bond donors (Lipinski definition) is 1. The van der Waals surface area contributed by atoms with E-state index in [1.165, 1.54) is 29.2 Å². The molecule has 2 fully saturated rings. The largest absolute Gasteiger partial charge is 0.352 e. The number of benzene rings is 1. The Balaban J connectivity index is 1.21. The van der Waals surface area contributed by atoms with Crippen molar-refractivity contribution in [3.63, 3.8) is 0 Å². The predicted octanol–water partition coefficient (Wildman–Crippen LogP) is 3.79. The summed E-state index contributed by atoms with van der Waals surface area (Å²) in [5, 5.41) is 16.0. The third-order valence-electron chi connectivity index (χ3n) is 9.44. The maximum absolute atomic E-state index is 14.6. The van der Waals surface area contributed by atoms with E-state index in [0.717, 1.165) is 29.8 Å². The lowest BCUT2D eigenvalue weighted by Crippen LogP contribution is -2.38. The van der Waals surface area contributed by atoms with Gasteiger partial charge >= 0.3 is 0 Å². The van der Waals surface area contributed by atoms with Crippen LogP contribution in [0, 0.1) is 17.0 Å². The van der Waals surface area contributed by atoms with E-state index in [4.69, 9.17) is 4.98 Å². The standard InChI is InChI=1S/C30H29F2N7O3S/c1-29(2)19-11-12-30(29,28-18(19)13-22(36-37-28)27-20(31)5-3-6-21(27)32)23-7-4-8-25(35-23)39-16-33-24(38-39)15-43(41,42)14-17-9-10-26(40)34-17/h3-8,13,16-17,19H,9-12,14-15H2,1-2H3,(H,34,40)/t17?,19-,30+/m0/s1. The highest BCUT2D eigenvalue weighted by molar-refractivity contribution is 7.90. The molecule has 1 saturated carbocycles. The molecule has 1 saturated heterocycles. The lowest BCUT2D eigenvalue weighted by Gasteiger charge is -2.37. The highest BCUT2D eigenvalue weighted by Gasteiger charge is 2.65. The molecule has 0 spiro atoms. The average Bonchev–Trinajstić information content (AvgIpc) is 3.69. The third kappa shape index (κ3) is 4.35. The molecule has 3 aromatic heterocycles. The monoisotopic (exact) mass is 605 g/mol. The average molecular weight is 606 g/mol. The van der Waals surface area contributed by atoms with Gasteiger partial charge in [-0.3, -0.25) is 4.79 Å². The van der Waals surface area contributed by atoms with Crippen LogP contribution in [0.15, 0.2) is 48.8 Å². The Morgan fingerprint density at radius 3 is 2.58 bits per heavy atom. The van der Waals surface area contributed by atoms with Gasteiger partial charge in [-0.2, -0.15) is 5.10 Å². The summed E-state index contributed by atoms with van der Waals surface area (Å²) in [7, 11) is -3.55. The highest BCUT2D eigenvalue weighted by atomic mass is 32.2. The van der Waals surface area contributed by atoms with Crippen LogP contribution in [0.3, 0.4) is 0 Å². The van der Waals surface area contributed by atoms with Crippen molar-refractivity contribution in [3.8, 4) is 17.1 Å². The number of nitrogens with zero attached hydrogens (tertiary/aromatic N) is 6. The van der Waals surface area contributed by atoms with E-state index in [-0.39, 0.29) is 45.8 Å². The zero-order valence-corrected chi connectivity index (χ0v) is 24.4. The van der Waals surface area contributed by atoms with Gasteiger partial charge in [-0.1, -0.05) is 26.0 Å². The van der Waals surface area contributed by atoms with Gasteiger partial charge in [0.15, 0.2) is 21.5 Å². The first kappa shape index (κ1) is 27.7. The van der Waals surface area contributed by atoms with Crippen molar-refractivity contribution in [2.75, 3.05) is 5.75 Å². The smallest absolute Gasteiger partial charge is 0.220 e. The van der Waals surface area contributed by atoms with Crippen molar-refractivity contribution < 1.29 is 22.0 Å². The summed E-state index contributed by atoms with van der Waals surface area (Å²) in [5.41, 5.74) is 1.49. The number of nitrogens with one attached hydrogen (secondary N) is 1. The van der Waals surface area contributed by atoms with Gasteiger partial charge in [0, 0.05) is 12.5 Å². The molecule has 4 aromatic rings. The number of amides is 1. The zero-order valence-electron chi connectivity index (χ0n) is 23.6. The molecule has 1 aliphatic heterocycles. The summed E-state index contributed by atoms with van der Waals surface area (Å²) in [6.45, 7) is 4.32. The van der Waals surface area contributed by atoms with Crippen LogP contribution in [0.2, 0.25) is 0 Å². The molecule has 1 amide bonds. The fourth-order valence-corrected chi connectivity index (χ4v) is 8.89. The Kier molecular flexibility index (Phi) is 6.24. The number of fused-ring (bicyclic) bond motifs is 5. The van der Waals surface area contributed by atoms with Crippen molar-refractivity contribution in [2.24, 2.45) is 5.41 Å². The fourth-order valence-electron chi connectivity index (χ4n) is 7.38. The molecule has 4 heterocycles. The van der Waals surface area contributed by atoms with Gasteiger partial charge in [0.25, 0.3) is 0 Å². The SMILES string of the molecule is CC1(C)[C@H]2CC[C@@]1(c1cccc(-n3cnc(CS(=O)(=O)CC4CCC(=O)N4)n3)n1)c1nnc(-c3c(F)cccc3F)cc12. The number of carbonyl (C=O) groups excluding carboxylic acids is 1. The summed E-state index contributed by atoms with van der Waals surface area (Å²) in [6, 6.07) is 10.7. The second kappa shape index (κ2) is 9.69. The molecule has 10 nitrogen and oxygen atoms in total. The summed E-state index contributed by atoms with van der Waals surface area (Å²) in [6.07, 6.45) is 3.88. The van der Waals surface area contributed by atoms with Crippen LogP contribution < -0.4 is 5.32 Å². The molecule has 222 valence electrons. The molecule has 1 unspecified atom stereocenters. The number of rotatable bonds is 7. The van der Waals surface area contributed by atoms with Crippen molar-refractivity contribution in [2.45, 2.75) is 62.7 Å². The summed E-state index contributed by atoms with van der Waals surface area (Å²) in [4.78, 5) is 20.7. The van der Waals surface area contributed by atoms with Gasteiger partial charge in [0.05, 0.1) is 33.8 Å². The van der Waals surface area contributed by atoms with Crippen molar-refractivity contribution in [1.82, 2.24) is 35.3 Å². The Morgan fingerprint density at radius 1 is 1.07 bits per heavy atom. The van der Waals surface area contributed by atoms with Crippen LogP contribution in [0.1, 0.15) is 68.2 Å². The van der Waals surface area contributed by atoms with Gasteiger partial charge in [0.1, 0.15) is 23.7 Å². The Bertz CT molecular complexity index is 1870. The van der Waals surface area contributed by atoms with Crippen molar-refractivity contribution >= 4 is 15.7 Å². The maximum Gasteiger partial charge on any atom is 0.220 e. The quantitative estimate of drug-likeness (QED) is 0.337. The molecule has 2 aliphatic carbocycles. The molecule has 3 aliphatic rings. The van der Waals surface area contributed by atoms with Gasteiger partial charge in [-0.15, -0.1) is 10.2 Å². The highest BCUT2D eigenvalue weighted by Crippen LogP contribution is 2.69. The predicted molar refractivity (Wildman–Crippen MR) is 152 cm³/mol. The molecular formula is C30H29F2N7O3S. The molecule has 2 bridgehead atoms. The molecule has 1 N–H and O–H groups in total. The molecule has 43 heavy (non-hydrogen) atoms. The Morgan fingerprint density at radius 2 is 1.84 bits per heavy atom. The summed E-state index contributed by atoms with van der Waals surface area (Å²) in [5.74, 6) is -1.33. The molecule has 7 rings (SSSR count). The third-order valence-corrected chi connectivity index (χ3v) is 11.0. The fraction of sp³-hybridized carbons (Fsp3) is 0.400. The van der Waals surface area contributed by atoms with Crippen LogP contribution >= 0.6 is 0 Å². The van der Waals surface area contributed by atoms with Gasteiger partial charge in [0.2, 0.25) is 5.91 Å². The first-order chi connectivity index (χ1) is 20.5. The molecular weight excluding hydrogens is 576 g/mol. The van der Waals surface area contributed by atoms with Crippen LogP contribution in [0.5, 0.6) is 0 Å². The number of carbonyl (C=O) groups is 1. The number of halogens is 2. The number of sulfone groups is 1. The van der Waals surface area contributed by atoms with Crippen LogP contribution in [0.25, 0.3) is 17.1 Å². The minimum atomic E-state index is -3.55. The molecule has 0 radical (unpaired) electrons. The summed E-state index contributed by atoms with van der Waals surface area (Å²) < 4.78 is 56.1. The second-order valence-corrected chi connectivity index (χ2v) is 14.3. The molecule has 13 heteroatoms. The summed E-state index contributed by atoms with van der Waals surface area (Å²) >= 11 is 0. The number of pyridine rings is 1. The molecule has 1 aromatic carbocycles.